The van der Waals surface area contributed by atoms with Crippen LogP contribution in [0.25, 0.3) is 0 Å². The fourth-order valence-electron chi connectivity index (χ4n) is 1.40. The minimum atomic E-state index is 0.287. The molecule has 1 aromatic rings. The highest BCUT2D eigenvalue weighted by molar-refractivity contribution is 5.37. The van der Waals surface area contributed by atoms with Gasteiger partial charge in [0.2, 0.25) is 0 Å². The van der Waals surface area contributed by atoms with Gasteiger partial charge in [-0.25, -0.2) is 0 Å². The fourth-order valence-corrected chi connectivity index (χ4v) is 1.40. The first kappa shape index (κ1) is 12.9. The molecule has 1 aromatic heterocycles. The maximum absolute atomic E-state index is 5.11. The Morgan fingerprint density at radius 1 is 1.44 bits per heavy atom. The zero-order valence-corrected chi connectivity index (χ0v) is 10.4. The molecule has 5 heteroatoms. The lowest BCUT2D eigenvalue weighted by atomic mass is 10.3. The van der Waals surface area contributed by atoms with E-state index < -0.39 is 0 Å². The van der Waals surface area contributed by atoms with Crippen molar-refractivity contribution in [2.24, 2.45) is 0 Å². The molecule has 5 nitrogen and oxygen atoms in total. The van der Waals surface area contributed by atoms with Crippen LogP contribution in [0.4, 0.5) is 5.82 Å². The smallest absolute Gasteiger partial charge is 0.151 e. The molecule has 1 N–H and O–H groups in total. The molecule has 0 radical (unpaired) electrons. The highest BCUT2D eigenvalue weighted by Crippen LogP contribution is 2.10. The van der Waals surface area contributed by atoms with Crippen molar-refractivity contribution < 1.29 is 4.74 Å². The van der Waals surface area contributed by atoms with Crippen molar-refractivity contribution in [3.05, 3.63) is 17.8 Å². The summed E-state index contributed by atoms with van der Waals surface area (Å²) in [5.41, 5.74) is 0.944. The topological polar surface area (TPSA) is 50.3 Å². The number of ether oxygens (including phenoxy) is 1. The first-order chi connectivity index (χ1) is 7.69. The van der Waals surface area contributed by atoms with E-state index in [0.717, 1.165) is 18.1 Å². The van der Waals surface area contributed by atoms with Crippen LogP contribution in [0.2, 0.25) is 0 Å². The van der Waals surface area contributed by atoms with Crippen LogP contribution in [0.3, 0.4) is 0 Å². The number of hydrogen-bond acceptors (Lipinski definition) is 5. The van der Waals surface area contributed by atoms with Crippen LogP contribution in [0.5, 0.6) is 0 Å². The Morgan fingerprint density at radius 3 is 2.69 bits per heavy atom. The van der Waals surface area contributed by atoms with Gasteiger partial charge in [0.25, 0.3) is 0 Å². The van der Waals surface area contributed by atoms with Crippen LogP contribution in [-0.4, -0.2) is 44.1 Å². The van der Waals surface area contributed by atoms with Gasteiger partial charge in [-0.3, -0.25) is 0 Å². The van der Waals surface area contributed by atoms with E-state index in [0.29, 0.717) is 6.61 Å². The van der Waals surface area contributed by atoms with E-state index in [9.17, 15) is 0 Å². The van der Waals surface area contributed by atoms with E-state index in [1.807, 2.05) is 26.2 Å². The lowest BCUT2D eigenvalue weighted by molar-refractivity contribution is 0.183. The third-order valence-electron chi connectivity index (χ3n) is 2.49. The number of aromatic nitrogens is 2. The number of hydrogen-bond donors (Lipinski definition) is 1. The molecule has 0 amide bonds. The molecule has 0 aliphatic carbocycles. The maximum Gasteiger partial charge on any atom is 0.151 e. The molecule has 1 rings (SSSR count). The van der Waals surface area contributed by atoms with E-state index in [1.54, 1.807) is 7.11 Å². The van der Waals surface area contributed by atoms with Crippen molar-refractivity contribution in [1.29, 1.82) is 0 Å². The van der Waals surface area contributed by atoms with E-state index in [1.165, 1.54) is 0 Å². The number of nitrogens with zero attached hydrogens (tertiary/aromatic N) is 3. The first-order valence-electron chi connectivity index (χ1n) is 5.38. The summed E-state index contributed by atoms with van der Waals surface area (Å²) >= 11 is 0. The summed E-state index contributed by atoms with van der Waals surface area (Å²) in [5.74, 6) is 0.865. The summed E-state index contributed by atoms with van der Waals surface area (Å²) in [6.07, 6.45) is 0. The van der Waals surface area contributed by atoms with Gasteiger partial charge in [-0.1, -0.05) is 0 Å². The number of likely N-dealkylation sites (N-methyl/N-ethyl adjacent to an activating group) is 1. The van der Waals surface area contributed by atoms with Gasteiger partial charge in [0, 0.05) is 20.7 Å². The van der Waals surface area contributed by atoms with E-state index >= 15 is 0 Å². The van der Waals surface area contributed by atoms with Crippen molar-refractivity contribution >= 4 is 5.82 Å². The molecule has 0 bridgehead atoms. The Hall–Kier alpha value is -1.20. The number of anilines is 1. The monoisotopic (exact) mass is 224 g/mol. The summed E-state index contributed by atoms with van der Waals surface area (Å²) in [6.45, 7) is 3.51. The molecular formula is C11H20N4O. The van der Waals surface area contributed by atoms with Gasteiger partial charge in [0.1, 0.15) is 0 Å². The van der Waals surface area contributed by atoms with E-state index in [2.05, 4.69) is 27.3 Å². The highest BCUT2D eigenvalue weighted by Gasteiger charge is 2.11. The quantitative estimate of drug-likeness (QED) is 0.769. The van der Waals surface area contributed by atoms with Crippen LogP contribution in [0, 0.1) is 0 Å². The predicted octanol–water partition coefficient (Wildman–Crippen LogP) is 0.667. The second kappa shape index (κ2) is 6.40. The van der Waals surface area contributed by atoms with Gasteiger partial charge in [-0.15, -0.1) is 5.10 Å². The standard InChI is InChI=1S/C11H20N4O/c1-9(8-16-4)15(3)11-6-5-10(7-12-2)13-14-11/h5-6,9,12H,7-8H2,1-4H3. The molecular weight excluding hydrogens is 204 g/mol. The summed E-state index contributed by atoms with van der Waals surface area (Å²) in [4.78, 5) is 2.06. The lowest BCUT2D eigenvalue weighted by Crippen LogP contribution is -2.33. The number of methoxy groups -OCH3 is 1. The molecule has 0 aliphatic heterocycles. The number of rotatable bonds is 6. The van der Waals surface area contributed by atoms with E-state index in [-0.39, 0.29) is 6.04 Å². The SMILES string of the molecule is CNCc1ccc(N(C)C(C)COC)nn1. The third kappa shape index (κ3) is 3.43. The second-order valence-corrected chi connectivity index (χ2v) is 3.83. The molecule has 90 valence electrons. The average molecular weight is 224 g/mol. The molecule has 0 aliphatic rings. The maximum atomic E-state index is 5.11. The molecule has 0 spiro atoms. The van der Waals surface area contributed by atoms with Gasteiger partial charge in [0.05, 0.1) is 18.3 Å². The van der Waals surface area contributed by atoms with Crippen molar-refractivity contribution in [2.45, 2.75) is 19.5 Å². The summed E-state index contributed by atoms with van der Waals surface area (Å²) in [7, 11) is 5.58. The lowest BCUT2D eigenvalue weighted by Gasteiger charge is -2.24. The summed E-state index contributed by atoms with van der Waals surface area (Å²) in [5, 5.41) is 11.4. The van der Waals surface area contributed by atoms with Crippen molar-refractivity contribution in [1.82, 2.24) is 15.5 Å². The highest BCUT2D eigenvalue weighted by atomic mass is 16.5. The Morgan fingerprint density at radius 2 is 2.19 bits per heavy atom. The van der Waals surface area contributed by atoms with Crippen molar-refractivity contribution in [3.63, 3.8) is 0 Å². The van der Waals surface area contributed by atoms with Crippen LogP contribution in [-0.2, 0) is 11.3 Å². The van der Waals surface area contributed by atoms with Gasteiger partial charge in [-0.05, 0) is 26.1 Å². The van der Waals surface area contributed by atoms with Crippen molar-refractivity contribution in [3.8, 4) is 0 Å². The number of nitrogens with one attached hydrogen (secondary N) is 1. The average Bonchev–Trinajstić information content (AvgIpc) is 2.30. The van der Waals surface area contributed by atoms with Crippen LogP contribution < -0.4 is 10.2 Å². The molecule has 0 saturated heterocycles. The second-order valence-electron chi connectivity index (χ2n) is 3.83. The molecule has 1 atom stereocenters. The normalized spacial score (nSPS) is 12.5. The Balaban J connectivity index is 2.65. The molecule has 1 heterocycles. The predicted molar refractivity (Wildman–Crippen MR) is 64.5 cm³/mol. The largest absolute Gasteiger partial charge is 0.383 e. The third-order valence-corrected chi connectivity index (χ3v) is 2.49. The molecule has 0 saturated carbocycles. The van der Waals surface area contributed by atoms with Gasteiger partial charge in [0.15, 0.2) is 5.82 Å². The minimum absolute atomic E-state index is 0.287. The fraction of sp³-hybridized carbons (Fsp3) is 0.636. The Kier molecular flexibility index (Phi) is 5.14. The van der Waals surface area contributed by atoms with Gasteiger partial charge >= 0.3 is 0 Å². The Labute approximate surface area is 96.8 Å². The molecule has 0 fully saturated rings. The molecule has 1 unspecified atom stereocenters. The van der Waals surface area contributed by atoms with Crippen LogP contribution >= 0.6 is 0 Å². The first-order valence-corrected chi connectivity index (χ1v) is 5.38. The van der Waals surface area contributed by atoms with Gasteiger partial charge in [-0.2, -0.15) is 5.10 Å². The molecule has 16 heavy (non-hydrogen) atoms. The Bertz CT molecular complexity index is 301. The summed E-state index contributed by atoms with van der Waals surface area (Å²) < 4.78 is 5.11. The van der Waals surface area contributed by atoms with Crippen molar-refractivity contribution in [2.75, 3.05) is 32.7 Å². The van der Waals surface area contributed by atoms with Gasteiger partial charge < -0.3 is 15.0 Å². The minimum Gasteiger partial charge on any atom is -0.383 e. The summed E-state index contributed by atoms with van der Waals surface area (Å²) in [6, 6.07) is 4.25. The molecule has 0 aromatic carbocycles. The van der Waals surface area contributed by atoms with Crippen LogP contribution in [0.1, 0.15) is 12.6 Å². The zero-order chi connectivity index (χ0) is 12.0. The van der Waals surface area contributed by atoms with Crippen LogP contribution in [0.15, 0.2) is 12.1 Å². The van der Waals surface area contributed by atoms with E-state index in [4.69, 9.17) is 4.74 Å². The zero-order valence-electron chi connectivity index (χ0n) is 10.4.